The van der Waals surface area contributed by atoms with E-state index in [4.69, 9.17) is 9.44 Å². The molecule has 0 aliphatic rings. The Hall–Kier alpha value is -1.84. The van der Waals surface area contributed by atoms with Gasteiger partial charge in [-0.1, -0.05) is 6.07 Å². The number of nitrogens with zero attached hydrogens (tertiary/aromatic N) is 1. The van der Waals surface area contributed by atoms with Gasteiger partial charge < -0.3 is 4.18 Å². The molecule has 1 heterocycles. The molecule has 86 valence electrons. The molecule has 4 nitrogen and oxygen atoms in total. The predicted molar refractivity (Wildman–Crippen MR) is 63.3 cm³/mol. The molecular weight excluding hydrogens is 258 g/mol. The largest absolute Gasteiger partial charge is 0.378 e. The van der Waals surface area contributed by atoms with Crippen LogP contribution in [-0.2, 0) is 10.1 Å². The molecule has 0 saturated heterocycles. The van der Waals surface area contributed by atoms with Crippen LogP contribution in [0.15, 0.2) is 46.0 Å². The summed E-state index contributed by atoms with van der Waals surface area (Å²) >= 11 is 1.09. The van der Waals surface area contributed by atoms with Crippen LogP contribution in [0.3, 0.4) is 0 Å². The van der Waals surface area contributed by atoms with Crippen LogP contribution < -0.4 is 4.18 Å². The second-order valence-electron chi connectivity index (χ2n) is 3.11. The molecule has 0 aliphatic carbocycles. The van der Waals surface area contributed by atoms with Crippen molar-refractivity contribution in [2.24, 2.45) is 0 Å². The third kappa shape index (κ3) is 2.64. The average molecular weight is 265 g/mol. The summed E-state index contributed by atoms with van der Waals surface area (Å²) in [5, 5.41) is 10.3. The van der Waals surface area contributed by atoms with Crippen LogP contribution in [0.25, 0.3) is 0 Å². The van der Waals surface area contributed by atoms with Crippen LogP contribution in [0.5, 0.6) is 5.75 Å². The summed E-state index contributed by atoms with van der Waals surface area (Å²) in [6.07, 6.45) is 0. The molecule has 2 rings (SSSR count). The zero-order valence-electron chi connectivity index (χ0n) is 8.53. The Bertz CT molecular complexity index is 637. The summed E-state index contributed by atoms with van der Waals surface area (Å²) in [5.74, 6) is 0.192. The van der Waals surface area contributed by atoms with Crippen molar-refractivity contribution in [2.75, 3.05) is 0 Å². The molecule has 17 heavy (non-hydrogen) atoms. The van der Waals surface area contributed by atoms with Gasteiger partial charge in [0.05, 0.1) is 11.6 Å². The molecule has 2 aromatic rings. The molecular formula is C11H7NO3S2. The van der Waals surface area contributed by atoms with Crippen molar-refractivity contribution in [2.45, 2.75) is 4.21 Å². The van der Waals surface area contributed by atoms with Gasteiger partial charge in [0, 0.05) is 0 Å². The zero-order chi connectivity index (χ0) is 12.3. The molecule has 0 N–H and O–H groups in total. The van der Waals surface area contributed by atoms with E-state index in [2.05, 4.69) is 0 Å². The van der Waals surface area contributed by atoms with E-state index in [1.165, 1.54) is 30.3 Å². The van der Waals surface area contributed by atoms with Gasteiger partial charge in [0.2, 0.25) is 0 Å². The monoisotopic (exact) mass is 265 g/mol. The molecule has 1 aromatic heterocycles. The summed E-state index contributed by atoms with van der Waals surface area (Å²) in [6, 6.07) is 11.0. The van der Waals surface area contributed by atoms with E-state index in [0.29, 0.717) is 5.56 Å². The highest BCUT2D eigenvalue weighted by atomic mass is 32.3. The van der Waals surface area contributed by atoms with E-state index < -0.39 is 10.1 Å². The van der Waals surface area contributed by atoms with Crippen molar-refractivity contribution in [1.29, 1.82) is 5.26 Å². The lowest BCUT2D eigenvalue weighted by Crippen LogP contribution is -2.07. The molecule has 0 amide bonds. The third-order valence-electron chi connectivity index (χ3n) is 1.93. The van der Waals surface area contributed by atoms with E-state index in [0.717, 1.165) is 11.3 Å². The Morgan fingerprint density at radius 2 is 1.88 bits per heavy atom. The van der Waals surface area contributed by atoms with Crippen molar-refractivity contribution < 1.29 is 12.6 Å². The quantitative estimate of drug-likeness (QED) is 0.799. The second kappa shape index (κ2) is 4.57. The second-order valence-corrected chi connectivity index (χ2v) is 5.83. The van der Waals surface area contributed by atoms with Gasteiger partial charge in [-0.05, 0) is 35.7 Å². The molecule has 0 radical (unpaired) electrons. The molecule has 0 bridgehead atoms. The zero-order valence-corrected chi connectivity index (χ0v) is 10.2. The Morgan fingerprint density at radius 3 is 2.41 bits per heavy atom. The van der Waals surface area contributed by atoms with Crippen molar-refractivity contribution in [1.82, 2.24) is 0 Å². The minimum atomic E-state index is -3.75. The minimum absolute atomic E-state index is 0.154. The lowest BCUT2D eigenvalue weighted by Gasteiger charge is -2.04. The van der Waals surface area contributed by atoms with Gasteiger partial charge in [-0.2, -0.15) is 13.7 Å². The van der Waals surface area contributed by atoms with Gasteiger partial charge >= 0.3 is 10.1 Å². The molecule has 6 heteroatoms. The highest BCUT2D eigenvalue weighted by molar-refractivity contribution is 7.89. The summed E-state index contributed by atoms with van der Waals surface area (Å²) < 4.78 is 28.6. The van der Waals surface area contributed by atoms with Gasteiger partial charge in [-0.15, -0.1) is 11.3 Å². The maximum Gasteiger partial charge on any atom is 0.348 e. The molecule has 0 spiro atoms. The summed E-state index contributed by atoms with van der Waals surface area (Å²) in [7, 11) is -3.75. The van der Waals surface area contributed by atoms with Crippen LogP contribution in [0, 0.1) is 11.3 Å². The first-order valence-electron chi connectivity index (χ1n) is 4.60. The number of thiophene rings is 1. The fraction of sp³-hybridized carbons (Fsp3) is 0. The summed E-state index contributed by atoms with van der Waals surface area (Å²) in [4.78, 5) is 0. The molecule has 1 aromatic carbocycles. The van der Waals surface area contributed by atoms with Gasteiger partial charge in [-0.25, -0.2) is 0 Å². The summed E-state index contributed by atoms with van der Waals surface area (Å²) in [5.41, 5.74) is 0.450. The minimum Gasteiger partial charge on any atom is -0.378 e. The van der Waals surface area contributed by atoms with Gasteiger partial charge in [0.15, 0.2) is 4.21 Å². The normalized spacial score (nSPS) is 10.8. The van der Waals surface area contributed by atoms with Crippen LogP contribution >= 0.6 is 11.3 Å². The predicted octanol–water partition coefficient (Wildman–Crippen LogP) is 2.39. The van der Waals surface area contributed by atoms with Gasteiger partial charge in [0.25, 0.3) is 0 Å². The number of hydrogen-bond acceptors (Lipinski definition) is 5. The fourth-order valence-corrected chi connectivity index (χ4v) is 3.04. The smallest absolute Gasteiger partial charge is 0.348 e. The number of rotatable bonds is 3. The maximum absolute atomic E-state index is 11.7. The fourth-order valence-electron chi connectivity index (χ4n) is 1.16. The van der Waals surface area contributed by atoms with Crippen molar-refractivity contribution >= 4 is 21.5 Å². The molecule has 0 fully saturated rings. The van der Waals surface area contributed by atoms with Crippen molar-refractivity contribution in [3.05, 3.63) is 47.3 Å². The van der Waals surface area contributed by atoms with Crippen molar-refractivity contribution in [3.63, 3.8) is 0 Å². The van der Waals surface area contributed by atoms with Crippen LogP contribution in [0.1, 0.15) is 5.56 Å². The molecule has 0 unspecified atom stereocenters. The van der Waals surface area contributed by atoms with E-state index in [9.17, 15) is 8.42 Å². The number of nitriles is 1. The van der Waals surface area contributed by atoms with Crippen molar-refractivity contribution in [3.8, 4) is 11.8 Å². The topological polar surface area (TPSA) is 67.2 Å². The van der Waals surface area contributed by atoms with E-state index >= 15 is 0 Å². The molecule has 0 saturated carbocycles. The number of hydrogen-bond donors (Lipinski definition) is 0. The molecule has 0 atom stereocenters. The van der Waals surface area contributed by atoms with Crippen LogP contribution in [-0.4, -0.2) is 8.42 Å². The first kappa shape index (κ1) is 11.6. The Labute approximate surface area is 103 Å². The molecule has 0 aliphatic heterocycles. The highest BCUT2D eigenvalue weighted by Gasteiger charge is 2.17. The van der Waals surface area contributed by atoms with Gasteiger partial charge in [-0.3, -0.25) is 0 Å². The first-order chi connectivity index (χ1) is 8.12. The lowest BCUT2D eigenvalue weighted by atomic mass is 10.2. The number of benzene rings is 1. The van der Waals surface area contributed by atoms with E-state index in [-0.39, 0.29) is 9.96 Å². The van der Waals surface area contributed by atoms with Gasteiger partial charge in [0.1, 0.15) is 5.75 Å². The first-order valence-corrected chi connectivity index (χ1v) is 6.89. The van der Waals surface area contributed by atoms with Crippen LogP contribution in [0.4, 0.5) is 0 Å². The van der Waals surface area contributed by atoms with Crippen LogP contribution in [0.2, 0.25) is 0 Å². The third-order valence-corrected chi connectivity index (χ3v) is 4.53. The lowest BCUT2D eigenvalue weighted by molar-refractivity contribution is 0.488. The Morgan fingerprint density at radius 1 is 1.18 bits per heavy atom. The Balaban J connectivity index is 2.24. The summed E-state index contributed by atoms with van der Waals surface area (Å²) in [6.45, 7) is 0. The average Bonchev–Trinajstić information content (AvgIpc) is 2.84. The van der Waals surface area contributed by atoms with E-state index in [1.807, 2.05) is 6.07 Å². The van der Waals surface area contributed by atoms with E-state index in [1.54, 1.807) is 11.4 Å². The maximum atomic E-state index is 11.7. The SMILES string of the molecule is N#Cc1ccc(OS(=O)(=O)c2cccs2)cc1. The Kier molecular flexibility index (Phi) is 3.13. The standard InChI is InChI=1S/C11H7NO3S2/c12-8-9-3-5-10(6-4-9)15-17(13,14)11-2-1-7-16-11/h1-7H. The highest BCUT2D eigenvalue weighted by Crippen LogP contribution is 2.22.